The van der Waals surface area contributed by atoms with Crippen molar-refractivity contribution in [2.24, 2.45) is 11.8 Å². The minimum absolute atomic E-state index is 0.186. The molecule has 4 atom stereocenters. The van der Waals surface area contributed by atoms with Crippen LogP contribution in [0.2, 0.25) is 0 Å². The Bertz CT molecular complexity index is 885. The minimum Gasteiger partial charge on any atom is -0.454 e. The van der Waals surface area contributed by atoms with Gasteiger partial charge in [-0.3, -0.25) is 4.90 Å². The molecule has 1 aromatic heterocycles. The molecule has 8 nitrogen and oxygen atoms in total. The molecule has 5 rings (SSSR count). The Labute approximate surface area is 177 Å². The third-order valence-electron chi connectivity index (χ3n) is 6.68. The number of methoxy groups -OCH3 is 1. The van der Waals surface area contributed by atoms with Crippen LogP contribution in [0.15, 0.2) is 24.4 Å². The summed E-state index contributed by atoms with van der Waals surface area (Å²) in [6.07, 6.45) is 4.44. The summed E-state index contributed by atoms with van der Waals surface area (Å²) in [6.45, 7) is 4.31. The molecule has 1 saturated heterocycles. The third-order valence-corrected chi connectivity index (χ3v) is 6.68. The number of benzene rings is 1. The van der Waals surface area contributed by atoms with E-state index in [9.17, 15) is 0 Å². The van der Waals surface area contributed by atoms with Crippen LogP contribution in [-0.2, 0) is 17.8 Å². The molecule has 0 bridgehead atoms. The lowest BCUT2D eigenvalue weighted by molar-refractivity contribution is -0.00547. The Morgan fingerprint density at radius 1 is 1.13 bits per heavy atom. The summed E-state index contributed by atoms with van der Waals surface area (Å²) in [5.74, 6) is 3.05. The van der Waals surface area contributed by atoms with E-state index >= 15 is 0 Å². The van der Waals surface area contributed by atoms with Gasteiger partial charge in [-0.2, -0.15) is 0 Å². The van der Waals surface area contributed by atoms with Gasteiger partial charge in [-0.1, -0.05) is 11.3 Å². The molecule has 0 spiro atoms. The number of ether oxygens (including phenoxy) is 3. The van der Waals surface area contributed by atoms with Crippen molar-refractivity contribution in [2.75, 3.05) is 41.1 Å². The van der Waals surface area contributed by atoms with Gasteiger partial charge in [0, 0.05) is 33.3 Å². The van der Waals surface area contributed by atoms with Gasteiger partial charge in [0.1, 0.15) is 0 Å². The van der Waals surface area contributed by atoms with Crippen molar-refractivity contribution in [1.29, 1.82) is 0 Å². The van der Waals surface area contributed by atoms with Gasteiger partial charge in [-0.25, -0.2) is 4.68 Å². The maximum Gasteiger partial charge on any atom is 0.231 e. The van der Waals surface area contributed by atoms with Gasteiger partial charge in [0.25, 0.3) is 0 Å². The highest BCUT2D eigenvalue weighted by molar-refractivity contribution is 5.44. The first kappa shape index (κ1) is 19.8. The standard InChI is InChI=1S/C22H31N5O3/c1-25(2)12-18-13-27(24-23-18)19-7-16-10-26(11-17(16)8-21(19)28-3)9-15-4-5-20-22(6-15)30-14-29-20/h4-6,13,16-17,19,21H,7-12,14H2,1-3H3/t16-,17+,19-,21-/m1/s1. The van der Waals surface area contributed by atoms with Gasteiger partial charge >= 0.3 is 0 Å². The van der Waals surface area contributed by atoms with E-state index in [1.165, 1.54) is 5.56 Å². The quantitative estimate of drug-likeness (QED) is 0.719. The Balaban J connectivity index is 1.25. The molecule has 1 aliphatic carbocycles. The predicted molar refractivity (Wildman–Crippen MR) is 111 cm³/mol. The number of hydrogen-bond acceptors (Lipinski definition) is 7. The van der Waals surface area contributed by atoms with Crippen molar-refractivity contribution in [3.63, 3.8) is 0 Å². The summed E-state index contributed by atoms with van der Waals surface area (Å²) >= 11 is 0. The smallest absolute Gasteiger partial charge is 0.231 e. The van der Waals surface area contributed by atoms with Crippen molar-refractivity contribution < 1.29 is 14.2 Å². The Hall–Kier alpha value is -2.16. The molecule has 0 N–H and O–H groups in total. The molecule has 3 aliphatic rings. The van der Waals surface area contributed by atoms with Gasteiger partial charge in [-0.05, 0) is 56.5 Å². The van der Waals surface area contributed by atoms with E-state index in [0.29, 0.717) is 18.6 Å². The molecule has 30 heavy (non-hydrogen) atoms. The van der Waals surface area contributed by atoms with Crippen LogP contribution in [0, 0.1) is 11.8 Å². The molecule has 162 valence electrons. The molecule has 0 radical (unpaired) electrons. The van der Waals surface area contributed by atoms with E-state index in [1.807, 2.05) is 17.9 Å². The SMILES string of the molecule is CO[C@@H]1C[C@H]2CN(Cc3ccc4c(c3)OCO4)C[C@H]2C[C@H]1n1cc(CN(C)C)nn1. The number of fused-ring (bicyclic) bond motifs is 2. The van der Waals surface area contributed by atoms with E-state index in [4.69, 9.17) is 14.2 Å². The lowest BCUT2D eigenvalue weighted by atomic mass is 9.77. The number of aromatic nitrogens is 3. The minimum atomic E-state index is 0.186. The van der Waals surface area contributed by atoms with E-state index < -0.39 is 0 Å². The van der Waals surface area contributed by atoms with Crippen LogP contribution in [0.5, 0.6) is 11.5 Å². The van der Waals surface area contributed by atoms with Crippen LogP contribution in [0.4, 0.5) is 0 Å². The summed E-state index contributed by atoms with van der Waals surface area (Å²) in [5, 5.41) is 8.81. The van der Waals surface area contributed by atoms with Crippen LogP contribution >= 0.6 is 0 Å². The lowest BCUT2D eigenvalue weighted by Gasteiger charge is -2.37. The van der Waals surface area contributed by atoms with Crippen LogP contribution < -0.4 is 9.47 Å². The first-order valence-corrected chi connectivity index (χ1v) is 10.8. The summed E-state index contributed by atoms with van der Waals surface area (Å²) in [4.78, 5) is 4.69. The molecule has 0 amide bonds. The largest absolute Gasteiger partial charge is 0.454 e. The summed E-state index contributed by atoms with van der Waals surface area (Å²) in [6, 6.07) is 6.54. The molecular formula is C22H31N5O3. The zero-order chi connectivity index (χ0) is 20.7. The van der Waals surface area contributed by atoms with E-state index in [1.54, 1.807) is 0 Å². The zero-order valence-electron chi connectivity index (χ0n) is 18.0. The molecular weight excluding hydrogens is 382 g/mol. The number of rotatable bonds is 6. The van der Waals surface area contributed by atoms with E-state index in [2.05, 4.69) is 52.5 Å². The van der Waals surface area contributed by atoms with Crippen molar-refractivity contribution >= 4 is 0 Å². The van der Waals surface area contributed by atoms with Crippen molar-refractivity contribution in [2.45, 2.75) is 38.1 Å². The topological polar surface area (TPSA) is 64.9 Å². The first-order valence-electron chi connectivity index (χ1n) is 10.8. The highest BCUT2D eigenvalue weighted by Crippen LogP contribution is 2.43. The Kier molecular flexibility index (Phi) is 5.39. The number of hydrogen-bond donors (Lipinski definition) is 0. The lowest BCUT2D eigenvalue weighted by Crippen LogP contribution is -2.37. The van der Waals surface area contributed by atoms with Crippen LogP contribution in [0.1, 0.15) is 30.1 Å². The second kappa shape index (κ2) is 8.17. The molecule has 2 fully saturated rings. The van der Waals surface area contributed by atoms with E-state index in [0.717, 1.165) is 56.2 Å². The maximum absolute atomic E-state index is 5.91. The second-order valence-electron chi connectivity index (χ2n) is 9.14. The normalized spacial score (nSPS) is 28.3. The second-order valence-corrected chi connectivity index (χ2v) is 9.14. The van der Waals surface area contributed by atoms with Crippen LogP contribution in [0.3, 0.4) is 0 Å². The predicted octanol–water partition coefficient (Wildman–Crippen LogP) is 2.17. The van der Waals surface area contributed by atoms with Crippen molar-refractivity contribution in [3.8, 4) is 11.5 Å². The fraction of sp³-hybridized carbons (Fsp3) is 0.636. The average molecular weight is 414 g/mol. The van der Waals surface area contributed by atoms with Gasteiger partial charge < -0.3 is 19.1 Å². The fourth-order valence-electron chi connectivity index (χ4n) is 5.32. The molecule has 0 unspecified atom stereocenters. The van der Waals surface area contributed by atoms with Gasteiger partial charge in [0.2, 0.25) is 6.79 Å². The molecule has 8 heteroatoms. The number of nitrogens with zero attached hydrogens (tertiary/aromatic N) is 5. The van der Waals surface area contributed by atoms with Crippen LogP contribution in [-0.4, -0.2) is 72.0 Å². The van der Waals surface area contributed by atoms with Crippen molar-refractivity contribution in [3.05, 3.63) is 35.7 Å². The van der Waals surface area contributed by atoms with Crippen molar-refractivity contribution in [1.82, 2.24) is 24.8 Å². The monoisotopic (exact) mass is 413 g/mol. The molecule has 2 aromatic rings. The molecule has 1 saturated carbocycles. The van der Waals surface area contributed by atoms with E-state index in [-0.39, 0.29) is 12.1 Å². The molecule has 1 aromatic carbocycles. The van der Waals surface area contributed by atoms with Gasteiger partial charge in [0.15, 0.2) is 11.5 Å². The van der Waals surface area contributed by atoms with Gasteiger partial charge in [-0.15, -0.1) is 5.10 Å². The fourth-order valence-corrected chi connectivity index (χ4v) is 5.32. The van der Waals surface area contributed by atoms with Gasteiger partial charge in [0.05, 0.1) is 24.0 Å². The summed E-state index contributed by atoms with van der Waals surface area (Å²) in [7, 11) is 5.93. The third kappa shape index (κ3) is 3.91. The highest BCUT2D eigenvalue weighted by Gasteiger charge is 2.43. The first-order chi connectivity index (χ1) is 14.6. The molecule has 3 heterocycles. The summed E-state index contributed by atoms with van der Waals surface area (Å²) < 4.78 is 18.9. The molecule has 2 aliphatic heterocycles. The highest BCUT2D eigenvalue weighted by atomic mass is 16.7. The number of likely N-dealkylation sites (tertiary alicyclic amines) is 1. The summed E-state index contributed by atoms with van der Waals surface area (Å²) in [5.41, 5.74) is 2.29. The zero-order valence-corrected chi connectivity index (χ0v) is 18.0. The van der Waals surface area contributed by atoms with Crippen LogP contribution in [0.25, 0.3) is 0 Å². The average Bonchev–Trinajstić information content (AvgIpc) is 3.44. The Morgan fingerprint density at radius 3 is 2.73 bits per heavy atom. The Morgan fingerprint density at radius 2 is 1.93 bits per heavy atom. The maximum atomic E-state index is 5.91.